The van der Waals surface area contributed by atoms with Crippen molar-refractivity contribution in [1.82, 2.24) is 0 Å². The van der Waals surface area contributed by atoms with Gasteiger partial charge in [-0.2, -0.15) is 0 Å². The highest BCUT2D eigenvalue weighted by Crippen LogP contribution is 2.28. The Morgan fingerprint density at radius 2 is 2.09 bits per heavy atom. The van der Waals surface area contributed by atoms with Gasteiger partial charge in [0.25, 0.3) is 5.91 Å². The normalized spacial score (nSPS) is 14.5. The second-order valence-electron chi connectivity index (χ2n) is 5.26. The van der Waals surface area contributed by atoms with Crippen LogP contribution in [0.5, 0.6) is 0 Å². The third kappa shape index (κ3) is 3.04. The van der Waals surface area contributed by atoms with E-state index in [-0.39, 0.29) is 18.3 Å². The van der Waals surface area contributed by atoms with Gasteiger partial charge in [-0.3, -0.25) is 9.59 Å². The van der Waals surface area contributed by atoms with Crippen LogP contribution in [0.2, 0.25) is 0 Å². The fourth-order valence-electron chi connectivity index (χ4n) is 2.63. The van der Waals surface area contributed by atoms with Gasteiger partial charge in [0, 0.05) is 17.1 Å². The van der Waals surface area contributed by atoms with Crippen molar-refractivity contribution in [3.63, 3.8) is 0 Å². The molecule has 1 aliphatic rings. The number of benzene rings is 1. The zero-order chi connectivity index (χ0) is 15.5. The number of rotatable bonds is 4. The number of para-hydroxylation sites is 1. The summed E-state index contributed by atoms with van der Waals surface area (Å²) in [6, 6.07) is 11.6. The number of esters is 1. The number of anilines is 1. The van der Waals surface area contributed by atoms with Crippen LogP contribution in [-0.4, -0.2) is 24.5 Å². The Bertz CT molecular complexity index is 681. The quantitative estimate of drug-likeness (QED) is 0.815. The number of amides is 1. The van der Waals surface area contributed by atoms with Crippen LogP contribution >= 0.6 is 11.3 Å². The first kappa shape index (κ1) is 14.8. The zero-order valence-electron chi connectivity index (χ0n) is 12.3. The molecular formula is C17H17NO3S. The van der Waals surface area contributed by atoms with Gasteiger partial charge >= 0.3 is 5.97 Å². The fraction of sp³-hybridized carbons (Fsp3) is 0.294. The highest BCUT2D eigenvalue weighted by Gasteiger charge is 2.29. The molecule has 1 unspecified atom stereocenters. The van der Waals surface area contributed by atoms with E-state index in [4.69, 9.17) is 4.74 Å². The second kappa shape index (κ2) is 6.32. The summed E-state index contributed by atoms with van der Waals surface area (Å²) >= 11 is 1.51. The van der Waals surface area contributed by atoms with Crippen molar-refractivity contribution in [2.45, 2.75) is 25.9 Å². The molecule has 1 aromatic carbocycles. The highest BCUT2D eigenvalue weighted by atomic mass is 32.1. The van der Waals surface area contributed by atoms with Crippen LogP contribution in [0.3, 0.4) is 0 Å². The summed E-state index contributed by atoms with van der Waals surface area (Å²) in [4.78, 5) is 27.0. The molecule has 1 aromatic heterocycles. The molecule has 0 aliphatic carbocycles. The lowest BCUT2D eigenvalue weighted by atomic mass is 10.2. The number of nitrogens with zero attached hydrogens (tertiary/aromatic N) is 1. The SMILES string of the molecule is CC(OC(=O)Cc1cccs1)C(=O)N1CCc2ccccc21. The lowest BCUT2D eigenvalue weighted by molar-refractivity contribution is -0.153. The van der Waals surface area contributed by atoms with Gasteiger partial charge in [-0.05, 0) is 36.4 Å². The van der Waals surface area contributed by atoms with E-state index >= 15 is 0 Å². The van der Waals surface area contributed by atoms with Crippen LogP contribution in [0.25, 0.3) is 0 Å². The van der Waals surface area contributed by atoms with E-state index in [1.54, 1.807) is 11.8 Å². The molecule has 114 valence electrons. The van der Waals surface area contributed by atoms with Gasteiger partial charge in [-0.15, -0.1) is 11.3 Å². The van der Waals surface area contributed by atoms with Gasteiger partial charge in [0.15, 0.2) is 6.10 Å². The maximum atomic E-state index is 12.5. The molecule has 0 bridgehead atoms. The molecular weight excluding hydrogens is 298 g/mol. The number of carbonyl (C=O) groups excluding carboxylic acids is 2. The van der Waals surface area contributed by atoms with Crippen molar-refractivity contribution < 1.29 is 14.3 Å². The average Bonchev–Trinajstić information content (AvgIpc) is 3.15. The monoisotopic (exact) mass is 315 g/mol. The van der Waals surface area contributed by atoms with Crippen molar-refractivity contribution in [3.8, 4) is 0 Å². The number of hydrogen-bond acceptors (Lipinski definition) is 4. The minimum atomic E-state index is -0.765. The molecule has 0 radical (unpaired) electrons. The molecule has 2 aromatic rings. The van der Waals surface area contributed by atoms with E-state index in [0.717, 1.165) is 22.5 Å². The molecule has 1 aliphatic heterocycles. The smallest absolute Gasteiger partial charge is 0.311 e. The predicted molar refractivity (Wildman–Crippen MR) is 86.1 cm³/mol. The Morgan fingerprint density at radius 1 is 1.27 bits per heavy atom. The molecule has 5 heteroatoms. The van der Waals surface area contributed by atoms with E-state index in [2.05, 4.69) is 0 Å². The van der Waals surface area contributed by atoms with Crippen molar-refractivity contribution in [2.24, 2.45) is 0 Å². The third-order valence-electron chi connectivity index (χ3n) is 3.71. The molecule has 0 N–H and O–H groups in total. The summed E-state index contributed by atoms with van der Waals surface area (Å²) in [6.45, 7) is 2.28. The fourth-order valence-corrected chi connectivity index (χ4v) is 3.32. The third-order valence-corrected chi connectivity index (χ3v) is 4.58. The summed E-state index contributed by atoms with van der Waals surface area (Å²) in [6.07, 6.45) is 0.294. The summed E-state index contributed by atoms with van der Waals surface area (Å²) in [5.41, 5.74) is 2.08. The van der Waals surface area contributed by atoms with Crippen LogP contribution < -0.4 is 4.90 Å². The van der Waals surface area contributed by atoms with E-state index in [9.17, 15) is 9.59 Å². The molecule has 22 heavy (non-hydrogen) atoms. The van der Waals surface area contributed by atoms with Crippen molar-refractivity contribution in [3.05, 3.63) is 52.2 Å². The van der Waals surface area contributed by atoms with Crippen LogP contribution in [0.1, 0.15) is 17.4 Å². The molecule has 1 amide bonds. The predicted octanol–water partition coefficient (Wildman–Crippen LogP) is 2.81. The Hall–Kier alpha value is -2.14. The van der Waals surface area contributed by atoms with E-state index in [0.29, 0.717) is 6.54 Å². The minimum absolute atomic E-state index is 0.163. The zero-order valence-corrected chi connectivity index (χ0v) is 13.1. The van der Waals surface area contributed by atoms with Gasteiger partial charge in [0.1, 0.15) is 0 Å². The first-order valence-corrected chi connectivity index (χ1v) is 8.14. The van der Waals surface area contributed by atoms with Crippen molar-refractivity contribution >= 4 is 28.9 Å². The summed E-state index contributed by atoms with van der Waals surface area (Å²) in [5.74, 6) is -0.528. The molecule has 3 rings (SSSR count). The van der Waals surface area contributed by atoms with Crippen LogP contribution in [-0.2, 0) is 27.2 Å². The maximum Gasteiger partial charge on any atom is 0.311 e. The molecule has 1 atom stereocenters. The van der Waals surface area contributed by atoms with Gasteiger partial charge < -0.3 is 9.64 Å². The Kier molecular flexibility index (Phi) is 4.24. The first-order valence-electron chi connectivity index (χ1n) is 7.26. The first-order chi connectivity index (χ1) is 10.6. The van der Waals surface area contributed by atoms with Gasteiger partial charge in [-0.1, -0.05) is 24.3 Å². The average molecular weight is 315 g/mol. The molecule has 0 fully saturated rings. The second-order valence-corrected chi connectivity index (χ2v) is 6.29. The van der Waals surface area contributed by atoms with E-state index in [1.165, 1.54) is 11.3 Å². The minimum Gasteiger partial charge on any atom is -0.452 e. The number of hydrogen-bond donors (Lipinski definition) is 0. The Balaban J connectivity index is 1.62. The molecule has 0 spiro atoms. The topological polar surface area (TPSA) is 46.6 Å². The maximum absolute atomic E-state index is 12.5. The number of ether oxygens (including phenoxy) is 1. The Morgan fingerprint density at radius 3 is 2.86 bits per heavy atom. The van der Waals surface area contributed by atoms with Crippen LogP contribution in [0, 0.1) is 0 Å². The van der Waals surface area contributed by atoms with Crippen molar-refractivity contribution in [1.29, 1.82) is 0 Å². The summed E-state index contributed by atoms with van der Waals surface area (Å²) in [5, 5.41) is 1.92. The number of thiophene rings is 1. The summed E-state index contributed by atoms with van der Waals surface area (Å²) < 4.78 is 5.29. The lowest BCUT2D eigenvalue weighted by Crippen LogP contribution is -2.39. The van der Waals surface area contributed by atoms with E-state index in [1.807, 2.05) is 41.8 Å². The van der Waals surface area contributed by atoms with Gasteiger partial charge in [-0.25, -0.2) is 0 Å². The van der Waals surface area contributed by atoms with Crippen LogP contribution in [0.4, 0.5) is 5.69 Å². The molecule has 0 saturated carbocycles. The van der Waals surface area contributed by atoms with Crippen LogP contribution in [0.15, 0.2) is 41.8 Å². The lowest BCUT2D eigenvalue weighted by Gasteiger charge is -2.21. The number of carbonyl (C=O) groups is 2. The largest absolute Gasteiger partial charge is 0.452 e. The van der Waals surface area contributed by atoms with Gasteiger partial charge in [0.05, 0.1) is 6.42 Å². The summed E-state index contributed by atoms with van der Waals surface area (Å²) in [7, 11) is 0. The molecule has 2 heterocycles. The standard InChI is InChI=1S/C17H17NO3S/c1-12(21-16(19)11-14-6-4-10-22-14)17(20)18-9-8-13-5-2-3-7-15(13)18/h2-7,10,12H,8-9,11H2,1H3. The van der Waals surface area contributed by atoms with E-state index < -0.39 is 6.10 Å². The highest BCUT2D eigenvalue weighted by molar-refractivity contribution is 7.10. The Labute approximate surface area is 133 Å². The van der Waals surface area contributed by atoms with Crippen molar-refractivity contribution in [2.75, 3.05) is 11.4 Å². The molecule has 0 saturated heterocycles. The molecule has 4 nitrogen and oxygen atoms in total. The van der Waals surface area contributed by atoms with Gasteiger partial charge in [0.2, 0.25) is 0 Å². The number of fused-ring (bicyclic) bond motifs is 1.